The van der Waals surface area contributed by atoms with Crippen LogP contribution in [-0.2, 0) is 6.42 Å². The van der Waals surface area contributed by atoms with E-state index in [-0.39, 0.29) is 0 Å². The van der Waals surface area contributed by atoms with Gasteiger partial charge in [0.2, 0.25) is 0 Å². The fourth-order valence-electron chi connectivity index (χ4n) is 10.2. The van der Waals surface area contributed by atoms with Crippen LogP contribution in [0.4, 0.5) is 0 Å². The Morgan fingerprint density at radius 2 is 0.409 bits per heavy atom. The van der Waals surface area contributed by atoms with Crippen LogP contribution in [0.1, 0.15) is 353 Å². The third-order valence-electron chi connectivity index (χ3n) is 14.8. The van der Waals surface area contributed by atoms with Gasteiger partial charge in [0.15, 0.2) is 0 Å². The Labute approximate surface area is 417 Å². The van der Waals surface area contributed by atoms with Crippen molar-refractivity contribution < 1.29 is 9.47 Å². The van der Waals surface area contributed by atoms with Gasteiger partial charge >= 0.3 is 0 Å². The van der Waals surface area contributed by atoms with Crippen LogP contribution in [0, 0.1) is 6.92 Å². The topological polar surface area (TPSA) is 18.5 Å². The molecule has 0 saturated carbocycles. The molecule has 0 aliphatic rings. The highest BCUT2D eigenvalue weighted by molar-refractivity contribution is 5.38. The molecule has 0 atom stereocenters. The number of unbranched alkanes of at least 4 members (excludes halogenated alkanes) is 50. The third-order valence-corrected chi connectivity index (χ3v) is 14.8. The summed E-state index contributed by atoms with van der Waals surface area (Å²) in [5.41, 5.74) is 1.21. The average Bonchev–Trinajstić information content (AvgIpc) is 3.33. The first kappa shape index (κ1) is 62.8. The zero-order valence-corrected chi connectivity index (χ0v) is 45.6. The first-order chi connectivity index (χ1) is 32.8. The molecule has 0 fully saturated rings. The zero-order chi connectivity index (χ0) is 47.2. The minimum atomic E-state index is 0.770. The Bertz CT molecular complexity index is 958. The smallest absolute Gasteiger partial charge is 0.123 e. The molecule has 1 aromatic carbocycles. The van der Waals surface area contributed by atoms with Gasteiger partial charge in [-0.2, -0.15) is 0 Å². The van der Waals surface area contributed by atoms with Gasteiger partial charge in [-0.1, -0.05) is 335 Å². The second kappa shape index (κ2) is 54.8. The van der Waals surface area contributed by atoms with Crippen LogP contribution in [0.15, 0.2) is 18.2 Å². The summed E-state index contributed by atoms with van der Waals surface area (Å²) in [6.07, 6.45) is 75.2. The standard InChI is InChI=1S/C64H121O2/c1-4-7-9-11-13-15-17-19-21-23-25-27-29-31-33-35-37-39-41-43-45-47-49-51-53-55-57-65-63-59-62(6-3)60-64(61-63)66-58-56-54-52-50-48-46-44-42-40-38-36-34-32-30-28-26-24-22-20-18-16-14-12-10-8-5-2/h59-61H,3-58H2,1-2H3. The lowest BCUT2D eigenvalue weighted by atomic mass is 10.0. The summed E-state index contributed by atoms with van der Waals surface area (Å²) in [5, 5.41) is 0. The van der Waals surface area contributed by atoms with Gasteiger partial charge in [-0.3, -0.25) is 0 Å². The monoisotopic (exact) mass is 922 g/mol. The van der Waals surface area contributed by atoms with Crippen molar-refractivity contribution in [3.8, 4) is 11.5 Å². The van der Waals surface area contributed by atoms with Crippen molar-refractivity contribution in [1.82, 2.24) is 0 Å². The van der Waals surface area contributed by atoms with Gasteiger partial charge in [0.1, 0.15) is 11.5 Å². The average molecular weight is 923 g/mol. The number of ether oxygens (including phenoxy) is 2. The Kier molecular flexibility index (Phi) is 52.1. The molecule has 1 radical (unpaired) electrons. The zero-order valence-electron chi connectivity index (χ0n) is 45.6. The SMILES string of the molecule is [CH2]Cc1cc(OCCCCCCCCCCCCCCCCCCCCCCCCCCCC)cc(OCCCCCCCCCCCCCCCCCCCCCCCCCCCC)c1. The van der Waals surface area contributed by atoms with Crippen molar-refractivity contribution in [3.63, 3.8) is 0 Å². The molecular weight excluding hydrogens is 801 g/mol. The number of rotatable bonds is 57. The molecule has 0 bridgehead atoms. The van der Waals surface area contributed by atoms with Crippen LogP contribution in [0.2, 0.25) is 0 Å². The van der Waals surface area contributed by atoms with E-state index in [0.29, 0.717) is 0 Å². The van der Waals surface area contributed by atoms with E-state index in [2.05, 4.69) is 39.0 Å². The second-order valence-electron chi connectivity index (χ2n) is 21.4. The van der Waals surface area contributed by atoms with Crippen LogP contribution < -0.4 is 9.47 Å². The van der Waals surface area contributed by atoms with Crippen LogP contribution in [0.25, 0.3) is 0 Å². The molecule has 0 aromatic heterocycles. The molecule has 0 amide bonds. The van der Waals surface area contributed by atoms with Crippen LogP contribution >= 0.6 is 0 Å². The van der Waals surface area contributed by atoms with Gasteiger partial charge in [0, 0.05) is 6.07 Å². The molecule has 0 N–H and O–H groups in total. The Morgan fingerprint density at radius 3 is 0.576 bits per heavy atom. The molecule has 0 spiro atoms. The van der Waals surface area contributed by atoms with Crippen LogP contribution in [-0.4, -0.2) is 13.2 Å². The van der Waals surface area contributed by atoms with Crippen molar-refractivity contribution in [2.45, 2.75) is 354 Å². The van der Waals surface area contributed by atoms with Crippen molar-refractivity contribution in [3.05, 3.63) is 30.7 Å². The van der Waals surface area contributed by atoms with Crippen molar-refractivity contribution >= 4 is 0 Å². The lowest BCUT2D eigenvalue weighted by Gasteiger charge is -2.12. The van der Waals surface area contributed by atoms with Gasteiger partial charge in [0.05, 0.1) is 13.2 Å². The summed E-state index contributed by atoms with van der Waals surface area (Å²) in [4.78, 5) is 0. The summed E-state index contributed by atoms with van der Waals surface area (Å²) < 4.78 is 12.4. The van der Waals surface area contributed by atoms with Gasteiger partial charge < -0.3 is 9.47 Å². The van der Waals surface area contributed by atoms with Gasteiger partial charge in [-0.15, -0.1) is 0 Å². The Balaban J connectivity index is 1.83. The van der Waals surface area contributed by atoms with Gasteiger partial charge in [-0.25, -0.2) is 0 Å². The molecule has 0 unspecified atom stereocenters. The maximum absolute atomic E-state index is 6.20. The maximum atomic E-state index is 6.20. The van der Waals surface area contributed by atoms with E-state index in [4.69, 9.17) is 9.47 Å². The van der Waals surface area contributed by atoms with E-state index in [0.717, 1.165) is 44.0 Å². The number of hydrogen-bond acceptors (Lipinski definition) is 2. The van der Waals surface area contributed by atoms with Gasteiger partial charge in [-0.05, 0) is 43.9 Å². The molecule has 389 valence electrons. The first-order valence-electron chi connectivity index (χ1n) is 31.0. The lowest BCUT2D eigenvalue weighted by molar-refractivity contribution is 0.289. The lowest BCUT2D eigenvalue weighted by Crippen LogP contribution is -2.01. The fraction of sp³-hybridized carbons (Fsp3) is 0.891. The van der Waals surface area contributed by atoms with E-state index >= 15 is 0 Å². The number of benzene rings is 1. The van der Waals surface area contributed by atoms with Crippen molar-refractivity contribution in [2.75, 3.05) is 13.2 Å². The summed E-state index contributed by atoms with van der Waals surface area (Å²) >= 11 is 0. The van der Waals surface area contributed by atoms with E-state index in [9.17, 15) is 0 Å². The normalized spacial score (nSPS) is 11.6. The molecule has 1 rings (SSSR count). The quantitative estimate of drug-likeness (QED) is 0.0606. The second-order valence-corrected chi connectivity index (χ2v) is 21.4. The van der Waals surface area contributed by atoms with Crippen LogP contribution in [0.3, 0.4) is 0 Å². The minimum Gasteiger partial charge on any atom is -0.493 e. The van der Waals surface area contributed by atoms with Crippen LogP contribution in [0.5, 0.6) is 11.5 Å². The molecule has 0 aliphatic heterocycles. The first-order valence-corrected chi connectivity index (χ1v) is 31.0. The van der Waals surface area contributed by atoms with E-state index in [1.54, 1.807) is 0 Å². The van der Waals surface area contributed by atoms with E-state index in [1.807, 2.05) is 0 Å². The highest BCUT2D eigenvalue weighted by Gasteiger charge is 2.04. The predicted octanol–water partition coefficient (Wildman–Crippen LogP) is 23.1. The third kappa shape index (κ3) is 47.9. The van der Waals surface area contributed by atoms with Gasteiger partial charge in [0.25, 0.3) is 0 Å². The summed E-state index contributed by atoms with van der Waals surface area (Å²) in [7, 11) is 0. The molecule has 0 heterocycles. The molecule has 0 saturated heterocycles. The van der Waals surface area contributed by atoms with Crippen molar-refractivity contribution in [1.29, 1.82) is 0 Å². The molecule has 66 heavy (non-hydrogen) atoms. The molecule has 0 aliphatic carbocycles. The molecule has 2 nitrogen and oxygen atoms in total. The predicted molar refractivity (Wildman–Crippen MR) is 298 cm³/mol. The van der Waals surface area contributed by atoms with E-state index < -0.39 is 0 Å². The summed E-state index contributed by atoms with van der Waals surface area (Å²) in [6, 6.07) is 6.41. The Morgan fingerprint density at radius 1 is 0.242 bits per heavy atom. The molecule has 2 heteroatoms. The maximum Gasteiger partial charge on any atom is 0.123 e. The largest absolute Gasteiger partial charge is 0.493 e. The molecule has 1 aromatic rings. The minimum absolute atomic E-state index is 0.770. The Hall–Kier alpha value is -1.18. The highest BCUT2D eigenvalue weighted by atomic mass is 16.5. The summed E-state index contributed by atoms with van der Waals surface area (Å²) in [5.74, 6) is 1.91. The van der Waals surface area contributed by atoms with E-state index in [1.165, 1.54) is 327 Å². The highest BCUT2D eigenvalue weighted by Crippen LogP contribution is 2.25. The molecular formula is C64H121O2. The van der Waals surface area contributed by atoms with Crippen molar-refractivity contribution in [2.24, 2.45) is 0 Å². The number of hydrogen-bond donors (Lipinski definition) is 0. The fourth-order valence-corrected chi connectivity index (χ4v) is 10.2. The summed E-state index contributed by atoms with van der Waals surface area (Å²) in [6.45, 7) is 10.4.